The Morgan fingerprint density at radius 1 is 1.41 bits per heavy atom. The molecule has 1 aromatic heterocycles. The van der Waals surface area contributed by atoms with Crippen molar-refractivity contribution in [3.05, 3.63) is 23.9 Å². The number of carbonyl (C=O) groups excluding carboxylic acids is 1. The van der Waals surface area contributed by atoms with E-state index in [1.807, 2.05) is 12.3 Å². The number of carbonyl (C=O) groups is 1. The third-order valence-electron chi connectivity index (χ3n) is 2.93. The minimum atomic E-state index is 0. The summed E-state index contributed by atoms with van der Waals surface area (Å²) in [4.78, 5) is 17.8. The SMILES string of the molecule is CC(C)c1[c-]cc(N2CCCCC2=O)nc1.[Y]. The summed E-state index contributed by atoms with van der Waals surface area (Å²) in [6.07, 6.45) is 4.54. The maximum absolute atomic E-state index is 11.7. The number of pyridine rings is 1. The zero-order valence-corrected chi connectivity index (χ0v) is 13.3. The molecule has 0 aromatic carbocycles. The first-order chi connectivity index (χ1) is 7.68. The Hall–Kier alpha value is -0.276. The minimum Gasteiger partial charge on any atom is -0.367 e. The van der Waals surface area contributed by atoms with Crippen molar-refractivity contribution >= 4 is 11.7 Å². The molecule has 2 heterocycles. The molecule has 2 rings (SSSR count). The van der Waals surface area contributed by atoms with Crippen molar-refractivity contribution in [2.24, 2.45) is 0 Å². The largest absolute Gasteiger partial charge is 0.367 e. The van der Waals surface area contributed by atoms with Crippen molar-refractivity contribution in [2.75, 3.05) is 11.4 Å². The van der Waals surface area contributed by atoms with Gasteiger partial charge >= 0.3 is 0 Å². The summed E-state index contributed by atoms with van der Waals surface area (Å²) in [6, 6.07) is 5.03. The molecule has 1 aliphatic rings. The van der Waals surface area contributed by atoms with Gasteiger partial charge in [0.05, 0.1) is 0 Å². The van der Waals surface area contributed by atoms with Gasteiger partial charge in [0, 0.05) is 51.5 Å². The molecule has 0 N–H and O–H groups in total. The molecule has 1 saturated heterocycles. The van der Waals surface area contributed by atoms with Crippen LogP contribution in [0.15, 0.2) is 12.3 Å². The van der Waals surface area contributed by atoms with E-state index in [0.29, 0.717) is 12.3 Å². The zero-order chi connectivity index (χ0) is 11.5. The molecule has 0 aliphatic carbocycles. The van der Waals surface area contributed by atoms with E-state index >= 15 is 0 Å². The van der Waals surface area contributed by atoms with Gasteiger partial charge in [-0.1, -0.05) is 20.0 Å². The van der Waals surface area contributed by atoms with Crippen molar-refractivity contribution in [3.63, 3.8) is 0 Å². The molecule has 0 unspecified atom stereocenters. The topological polar surface area (TPSA) is 33.2 Å². The molecular formula is C13H17N2OY-. The summed E-state index contributed by atoms with van der Waals surface area (Å²) < 4.78 is 0. The first kappa shape index (κ1) is 14.8. The summed E-state index contributed by atoms with van der Waals surface area (Å²) in [5.41, 5.74) is 1.09. The fourth-order valence-electron chi connectivity index (χ4n) is 1.87. The molecule has 0 atom stereocenters. The van der Waals surface area contributed by atoms with Crippen LogP contribution < -0.4 is 4.90 Å². The van der Waals surface area contributed by atoms with E-state index in [4.69, 9.17) is 0 Å². The van der Waals surface area contributed by atoms with Crippen LogP contribution in [0.2, 0.25) is 0 Å². The third kappa shape index (κ3) is 3.59. The van der Waals surface area contributed by atoms with Crippen molar-refractivity contribution in [3.8, 4) is 0 Å². The molecule has 0 saturated carbocycles. The Bertz CT molecular complexity index is 376. The van der Waals surface area contributed by atoms with Crippen molar-refractivity contribution in [2.45, 2.75) is 39.0 Å². The van der Waals surface area contributed by atoms with E-state index in [2.05, 4.69) is 24.9 Å². The van der Waals surface area contributed by atoms with Gasteiger partial charge in [-0.3, -0.25) is 4.79 Å². The Balaban J connectivity index is 0.00000144. The number of anilines is 1. The molecule has 1 fully saturated rings. The number of hydrogen-bond donors (Lipinski definition) is 0. The molecular weight excluding hydrogens is 289 g/mol. The molecule has 0 spiro atoms. The second kappa shape index (κ2) is 6.60. The number of amides is 1. The van der Waals surface area contributed by atoms with Crippen LogP contribution in [-0.2, 0) is 37.5 Å². The van der Waals surface area contributed by atoms with Crippen LogP contribution in [0.1, 0.15) is 44.6 Å². The van der Waals surface area contributed by atoms with Gasteiger partial charge in [-0.2, -0.15) is 6.07 Å². The molecule has 1 aliphatic heterocycles. The minimum absolute atomic E-state index is 0. The predicted octanol–water partition coefficient (Wildman–Crippen LogP) is 2.52. The molecule has 17 heavy (non-hydrogen) atoms. The van der Waals surface area contributed by atoms with Crippen LogP contribution in [0.25, 0.3) is 0 Å². The van der Waals surface area contributed by atoms with Crippen LogP contribution in [0.4, 0.5) is 5.82 Å². The van der Waals surface area contributed by atoms with E-state index in [1.165, 1.54) is 0 Å². The van der Waals surface area contributed by atoms with E-state index in [1.54, 1.807) is 4.90 Å². The van der Waals surface area contributed by atoms with Crippen molar-refractivity contribution in [1.29, 1.82) is 0 Å². The molecule has 1 aromatic rings. The molecule has 89 valence electrons. The molecule has 3 nitrogen and oxygen atoms in total. The Morgan fingerprint density at radius 2 is 2.18 bits per heavy atom. The van der Waals surface area contributed by atoms with Gasteiger partial charge in [-0.15, -0.1) is 11.6 Å². The maximum atomic E-state index is 11.7. The smallest absolute Gasteiger partial charge is 0.217 e. The second-order valence-electron chi connectivity index (χ2n) is 4.52. The summed E-state index contributed by atoms with van der Waals surface area (Å²) in [5.74, 6) is 1.36. The van der Waals surface area contributed by atoms with E-state index in [0.717, 1.165) is 30.8 Å². The molecule has 0 bridgehead atoms. The number of nitrogens with zero attached hydrogens (tertiary/aromatic N) is 2. The normalized spacial score (nSPS) is 15.9. The first-order valence-corrected chi connectivity index (χ1v) is 5.86. The van der Waals surface area contributed by atoms with E-state index < -0.39 is 0 Å². The maximum Gasteiger partial charge on any atom is 0.217 e. The number of piperidine rings is 1. The standard InChI is InChI=1S/C13H17N2O.Y/c1-10(2)11-6-7-12(14-9-11)15-8-4-3-5-13(15)16;/h7,9-10H,3-5,8H2,1-2H3;/q-1;. The number of hydrogen-bond acceptors (Lipinski definition) is 2. The van der Waals surface area contributed by atoms with Crippen LogP contribution in [-0.4, -0.2) is 17.4 Å². The van der Waals surface area contributed by atoms with Crippen LogP contribution in [0.3, 0.4) is 0 Å². The summed E-state index contributed by atoms with van der Waals surface area (Å²) in [5, 5.41) is 0. The van der Waals surface area contributed by atoms with Crippen LogP contribution >= 0.6 is 0 Å². The Morgan fingerprint density at radius 3 is 2.71 bits per heavy atom. The Labute approximate surface area is 128 Å². The number of aromatic nitrogens is 1. The molecule has 1 amide bonds. The molecule has 1 radical (unpaired) electrons. The average molecular weight is 306 g/mol. The quantitative estimate of drug-likeness (QED) is 0.787. The fourth-order valence-corrected chi connectivity index (χ4v) is 1.87. The fraction of sp³-hybridized carbons (Fsp3) is 0.538. The first-order valence-electron chi connectivity index (χ1n) is 5.86. The second-order valence-corrected chi connectivity index (χ2v) is 4.52. The van der Waals surface area contributed by atoms with Crippen molar-refractivity contribution in [1.82, 2.24) is 4.98 Å². The van der Waals surface area contributed by atoms with Crippen LogP contribution in [0, 0.1) is 6.07 Å². The zero-order valence-electron chi connectivity index (χ0n) is 10.4. The van der Waals surface area contributed by atoms with Gasteiger partial charge in [0.25, 0.3) is 0 Å². The van der Waals surface area contributed by atoms with Gasteiger partial charge in [0.15, 0.2) is 0 Å². The Kier molecular flexibility index (Phi) is 5.74. The van der Waals surface area contributed by atoms with E-state index in [9.17, 15) is 4.79 Å². The van der Waals surface area contributed by atoms with Gasteiger partial charge in [0.1, 0.15) is 0 Å². The van der Waals surface area contributed by atoms with Crippen LogP contribution in [0.5, 0.6) is 0 Å². The third-order valence-corrected chi connectivity index (χ3v) is 2.93. The van der Waals surface area contributed by atoms with Gasteiger partial charge in [-0.25, -0.2) is 0 Å². The number of rotatable bonds is 2. The average Bonchev–Trinajstić information content (AvgIpc) is 2.30. The summed E-state index contributed by atoms with van der Waals surface area (Å²) in [7, 11) is 0. The van der Waals surface area contributed by atoms with Gasteiger partial charge < -0.3 is 9.88 Å². The summed E-state index contributed by atoms with van der Waals surface area (Å²) >= 11 is 0. The van der Waals surface area contributed by atoms with Crippen molar-refractivity contribution < 1.29 is 37.5 Å². The van der Waals surface area contributed by atoms with Gasteiger partial charge in [0.2, 0.25) is 5.91 Å². The summed E-state index contributed by atoms with van der Waals surface area (Å²) in [6.45, 7) is 5.01. The van der Waals surface area contributed by atoms with E-state index in [-0.39, 0.29) is 38.6 Å². The predicted molar refractivity (Wildman–Crippen MR) is 63.4 cm³/mol. The monoisotopic (exact) mass is 306 g/mol. The molecule has 4 heteroatoms. The van der Waals surface area contributed by atoms with Gasteiger partial charge in [-0.05, 0) is 18.8 Å².